The second-order valence-corrected chi connectivity index (χ2v) is 5.03. The van der Waals surface area contributed by atoms with E-state index in [0.29, 0.717) is 6.42 Å². The van der Waals surface area contributed by atoms with Crippen LogP contribution in [0.4, 0.5) is 0 Å². The molecule has 0 rings (SSSR count). The summed E-state index contributed by atoms with van der Waals surface area (Å²) in [5.41, 5.74) is 0. The fourth-order valence-corrected chi connectivity index (χ4v) is 1.88. The second-order valence-electron chi connectivity index (χ2n) is 3.10. The summed E-state index contributed by atoms with van der Waals surface area (Å²) in [6.07, 6.45) is 0.391. The Bertz CT molecular complexity index is 287. The molecular formula is C8H17NO5S. The van der Waals surface area contributed by atoms with Crippen LogP contribution in [0.2, 0.25) is 0 Å². The summed E-state index contributed by atoms with van der Waals surface area (Å²) in [5.74, 6) is -1.83. The fraction of sp³-hybridized carbons (Fsp3) is 0.875. The molecule has 0 fully saturated rings. The molecule has 0 bridgehead atoms. The standard InChI is InChI=1S/C8H17NO5S/c1-3-7(8(10)11)6-9-15(12,13)5-4-14-2/h7,9H,3-6H2,1-2H3,(H,10,11). The van der Waals surface area contributed by atoms with Gasteiger partial charge in [-0.1, -0.05) is 6.92 Å². The van der Waals surface area contributed by atoms with Gasteiger partial charge in [-0.15, -0.1) is 0 Å². The molecule has 1 atom stereocenters. The van der Waals surface area contributed by atoms with Crippen LogP contribution in [0.1, 0.15) is 13.3 Å². The maximum absolute atomic E-state index is 11.2. The minimum absolute atomic E-state index is 0.0715. The van der Waals surface area contributed by atoms with Gasteiger partial charge in [-0.25, -0.2) is 13.1 Å². The number of hydrogen-bond acceptors (Lipinski definition) is 4. The topological polar surface area (TPSA) is 92.7 Å². The molecule has 15 heavy (non-hydrogen) atoms. The smallest absolute Gasteiger partial charge is 0.307 e. The predicted molar refractivity (Wildman–Crippen MR) is 55.1 cm³/mol. The highest BCUT2D eigenvalue weighted by Crippen LogP contribution is 2.01. The summed E-state index contributed by atoms with van der Waals surface area (Å²) in [5, 5.41) is 8.69. The second kappa shape index (κ2) is 6.76. The Hall–Kier alpha value is -0.660. The number of methoxy groups -OCH3 is 1. The highest BCUT2D eigenvalue weighted by atomic mass is 32.2. The molecule has 0 saturated carbocycles. The third-order valence-corrected chi connectivity index (χ3v) is 3.26. The number of carboxylic acid groups (broad SMARTS) is 1. The first kappa shape index (κ1) is 14.3. The lowest BCUT2D eigenvalue weighted by Gasteiger charge is -2.11. The summed E-state index contributed by atoms with van der Waals surface area (Å²) in [6.45, 7) is 1.72. The third kappa shape index (κ3) is 6.43. The molecule has 90 valence electrons. The van der Waals surface area contributed by atoms with Gasteiger partial charge in [-0.05, 0) is 6.42 Å². The van der Waals surface area contributed by atoms with E-state index >= 15 is 0 Å². The van der Waals surface area contributed by atoms with Crippen molar-refractivity contribution in [2.75, 3.05) is 26.0 Å². The normalized spacial score (nSPS) is 13.7. The van der Waals surface area contributed by atoms with Crippen LogP contribution in [0.15, 0.2) is 0 Å². The van der Waals surface area contributed by atoms with Crippen LogP contribution < -0.4 is 4.72 Å². The van der Waals surface area contributed by atoms with Gasteiger partial charge < -0.3 is 9.84 Å². The third-order valence-electron chi connectivity index (χ3n) is 1.95. The van der Waals surface area contributed by atoms with Gasteiger partial charge in [0, 0.05) is 13.7 Å². The molecule has 7 heteroatoms. The number of hydrogen-bond donors (Lipinski definition) is 2. The zero-order valence-electron chi connectivity index (χ0n) is 8.89. The Morgan fingerprint density at radius 2 is 2.13 bits per heavy atom. The maximum Gasteiger partial charge on any atom is 0.307 e. The molecule has 0 aromatic rings. The number of carbonyl (C=O) groups is 1. The molecule has 0 aliphatic carbocycles. The number of sulfonamides is 1. The van der Waals surface area contributed by atoms with E-state index in [-0.39, 0.29) is 18.9 Å². The van der Waals surface area contributed by atoms with E-state index in [0.717, 1.165) is 0 Å². The van der Waals surface area contributed by atoms with Crippen molar-refractivity contribution in [2.45, 2.75) is 13.3 Å². The lowest BCUT2D eigenvalue weighted by Crippen LogP contribution is -2.35. The van der Waals surface area contributed by atoms with Gasteiger partial charge >= 0.3 is 5.97 Å². The van der Waals surface area contributed by atoms with Gasteiger partial charge in [0.15, 0.2) is 0 Å². The number of ether oxygens (including phenoxy) is 1. The Kier molecular flexibility index (Phi) is 6.46. The van der Waals surface area contributed by atoms with E-state index in [2.05, 4.69) is 9.46 Å². The van der Waals surface area contributed by atoms with E-state index in [1.807, 2.05) is 0 Å². The van der Waals surface area contributed by atoms with Gasteiger partial charge in [0.1, 0.15) is 0 Å². The van der Waals surface area contributed by atoms with E-state index in [1.165, 1.54) is 7.11 Å². The molecule has 0 radical (unpaired) electrons. The molecule has 0 aliphatic rings. The van der Waals surface area contributed by atoms with Crippen LogP contribution in [0, 0.1) is 5.92 Å². The molecule has 0 aromatic heterocycles. The number of aliphatic carboxylic acids is 1. The van der Waals surface area contributed by atoms with E-state index < -0.39 is 21.9 Å². The zero-order valence-corrected chi connectivity index (χ0v) is 9.71. The first-order valence-corrected chi connectivity index (χ1v) is 6.27. The molecule has 0 saturated heterocycles. The Balaban J connectivity index is 4.07. The number of carboxylic acids is 1. The largest absolute Gasteiger partial charge is 0.481 e. The van der Waals surface area contributed by atoms with Crippen LogP contribution in [-0.4, -0.2) is 45.5 Å². The van der Waals surface area contributed by atoms with Crippen molar-refractivity contribution in [3.63, 3.8) is 0 Å². The van der Waals surface area contributed by atoms with Crippen molar-refractivity contribution in [2.24, 2.45) is 5.92 Å². The van der Waals surface area contributed by atoms with Gasteiger partial charge in [-0.2, -0.15) is 0 Å². The molecular weight excluding hydrogens is 222 g/mol. The summed E-state index contributed by atoms with van der Waals surface area (Å²) in [6, 6.07) is 0. The van der Waals surface area contributed by atoms with Crippen molar-refractivity contribution in [1.29, 1.82) is 0 Å². The molecule has 2 N–H and O–H groups in total. The zero-order chi connectivity index (χ0) is 11.9. The maximum atomic E-state index is 11.2. The molecule has 0 aromatic carbocycles. The molecule has 0 heterocycles. The van der Waals surface area contributed by atoms with Gasteiger partial charge in [0.25, 0.3) is 0 Å². The molecule has 0 spiro atoms. The van der Waals surface area contributed by atoms with E-state index in [4.69, 9.17) is 5.11 Å². The molecule has 1 unspecified atom stereocenters. The molecule has 0 amide bonds. The SMILES string of the molecule is CCC(CNS(=O)(=O)CCOC)C(=O)O. The summed E-state index contributed by atoms with van der Waals surface area (Å²) in [7, 11) is -2.02. The predicted octanol–water partition coefficient (Wildman–Crippen LogP) is -0.337. The summed E-state index contributed by atoms with van der Waals surface area (Å²) < 4.78 is 29.4. The highest BCUT2D eigenvalue weighted by molar-refractivity contribution is 7.89. The molecule has 0 aliphatic heterocycles. The minimum Gasteiger partial charge on any atom is -0.481 e. The van der Waals surface area contributed by atoms with Crippen molar-refractivity contribution < 1.29 is 23.1 Å². The van der Waals surface area contributed by atoms with Gasteiger partial charge in [-0.3, -0.25) is 4.79 Å². The van der Waals surface area contributed by atoms with Crippen LogP contribution >= 0.6 is 0 Å². The van der Waals surface area contributed by atoms with E-state index in [1.54, 1.807) is 6.92 Å². The van der Waals surface area contributed by atoms with Crippen molar-refractivity contribution in [3.05, 3.63) is 0 Å². The number of nitrogens with one attached hydrogen (secondary N) is 1. The van der Waals surface area contributed by atoms with Crippen LogP contribution in [0.25, 0.3) is 0 Å². The van der Waals surface area contributed by atoms with Gasteiger partial charge in [0.05, 0.1) is 18.3 Å². The fourth-order valence-electron chi connectivity index (χ4n) is 0.899. The molecule has 6 nitrogen and oxygen atoms in total. The Labute approximate surface area is 89.7 Å². The van der Waals surface area contributed by atoms with Crippen LogP contribution in [0.3, 0.4) is 0 Å². The Morgan fingerprint density at radius 1 is 1.53 bits per heavy atom. The van der Waals surface area contributed by atoms with Crippen LogP contribution in [0.5, 0.6) is 0 Å². The minimum atomic E-state index is -3.42. The quantitative estimate of drug-likeness (QED) is 0.604. The average molecular weight is 239 g/mol. The Morgan fingerprint density at radius 3 is 2.53 bits per heavy atom. The first-order chi connectivity index (χ1) is 6.93. The highest BCUT2D eigenvalue weighted by Gasteiger charge is 2.18. The summed E-state index contributed by atoms with van der Waals surface area (Å²) in [4.78, 5) is 10.6. The van der Waals surface area contributed by atoms with Crippen LogP contribution in [-0.2, 0) is 19.6 Å². The van der Waals surface area contributed by atoms with Gasteiger partial charge in [0.2, 0.25) is 10.0 Å². The van der Waals surface area contributed by atoms with Crippen molar-refractivity contribution in [3.8, 4) is 0 Å². The van der Waals surface area contributed by atoms with Crippen molar-refractivity contribution >= 4 is 16.0 Å². The lowest BCUT2D eigenvalue weighted by molar-refractivity contribution is -0.141. The average Bonchev–Trinajstić information content (AvgIpc) is 2.15. The first-order valence-electron chi connectivity index (χ1n) is 4.62. The summed E-state index contributed by atoms with van der Waals surface area (Å²) >= 11 is 0. The van der Waals surface area contributed by atoms with E-state index in [9.17, 15) is 13.2 Å². The monoisotopic (exact) mass is 239 g/mol. The van der Waals surface area contributed by atoms with Crippen molar-refractivity contribution in [1.82, 2.24) is 4.72 Å². The number of rotatable bonds is 8. The lowest BCUT2D eigenvalue weighted by atomic mass is 10.1.